The van der Waals surface area contributed by atoms with Crippen molar-refractivity contribution >= 4 is 5.91 Å². The van der Waals surface area contributed by atoms with Gasteiger partial charge in [-0.25, -0.2) is 4.39 Å². The maximum absolute atomic E-state index is 12.9. The molecule has 3 rings (SSSR count). The van der Waals surface area contributed by atoms with Crippen LogP contribution >= 0.6 is 0 Å². The van der Waals surface area contributed by atoms with Gasteiger partial charge in [-0.05, 0) is 36.4 Å². The minimum Gasteiger partial charge on any atom is -0.419 e. The number of benzene rings is 1. The maximum Gasteiger partial charge on any atom is 0.253 e. The van der Waals surface area contributed by atoms with Gasteiger partial charge in [-0.2, -0.15) is 0 Å². The molecule has 7 heteroatoms. The predicted octanol–water partition coefficient (Wildman–Crippen LogP) is 2.20. The second-order valence-electron chi connectivity index (χ2n) is 4.43. The van der Waals surface area contributed by atoms with Crippen LogP contribution in [0.3, 0.4) is 0 Å². The number of hydrogen-bond donors (Lipinski definition) is 1. The van der Waals surface area contributed by atoms with Crippen molar-refractivity contribution < 1.29 is 13.6 Å². The van der Waals surface area contributed by atoms with Crippen molar-refractivity contribution in [3.8, 4) is 11.5 Å². The van der Waals surface area contributed by atoms with Gasteiger partial charge < -0.3 is 9.73 Å². The fourth-order valence-electron chi connectivity index (χ4n) is 1.79. The van der Waals surface area contributed by atoms with E-state index in [1.165, 1.54) is 18.3 Å². The largest absolute Gasteiger partial charge is 0.419 e. The first-order chi connectivity index (χ1) is 10.7. The molecule has 0 fully saturated rings. The first kappa shape index (κ1) is 13.9. The molecule has 0 aliphatic heterocycles. The lowest BCUT2D eigenvalue weighted by atomic mass is 10.2. The van der Waals surface area contributed by atoms with Gasteiger partial charge in [-0.1, -0.05) is 0 Å². The Morgan fingerprint density at radius 3 is 2.73 bits per heavy atom. The van der Waals surface area contributed by atoms with E-state index in [4.69, 9.17) is 4.42 Å². The Morgan fingerprint density at radius 1 is 1.18 bits per heavy atom. The second-order valence-corrected chi connectivity index (χ2v) is 4.43. The predicted molar refractivity (Wildman–Crippen MR) is 75.1 cm³/mol. The van der Waals surface area contributed by atoms with Crippen molar-refractivity contribution in [2.75, 3.05) is 0 Å². The zero-order valence-corrected chi connectivity index (χ0v) is 11.4. The quantitative estimate of drug-likeness (QED) is 0.798. The average Bonchev–Trinajstić information content (AvgIpc) is 3.03. The number of nitrogens with zero attached hydrogens (tertiary/aromatic N) is 3. The Hall–Kier alpha value is -3.09. The zero-order chi connectivity index (χ0) is 15.4. The van der Waals surface area contributed by atoms with Crippen LogP contribution in [0.1, 0.15) is 16.2 Å². The van der Waals surface area contributed by atoms with Gasteiger partial charge in [0.15, 0.2) is 0 Å². The molecule has 0 aliphatic rings. The van der Waals surface area contributed by atoms with Crippen molar-refractivity contribution in [1.82, 2.24) is 20.5 Å². The van der Waals surface area contributed by atoms with Crippen LogP contribution in [-0.2, 0) is 6.54 Å². The van der Waals surface area contributed by atoms with Crippen LogP contribution in [0.2, 0.25) is 0 Å². The lowest BCUT2D eigenvalue weighted by Gasteiger charge is -2.01. The highest BCUT2D eigenvalue weighted by Gasteiger charge is 2.10. The van der Waals surface area contributed by atoms with E-state index in [0.717, 1.165) is 0 Å². The molecular formula is C15H11FN4O2. The molecule has 0 bridgehead atoms. The van der Waals surface area contributed by atoms with E-state index < -0.39 is 0 Å². The topological polar surface area (TPSA) is 80.9 Å². The molecule has 1 amide bonds. The number of carbonyl (C=O) groups excluding carboxylic acids is 1. The zero-order valence-electron chi connectivity index (χ0n) is 11.4. The van der Waals surface area contributed by atoms with Crippen LogP contribution in [0.25, 0.3) is 11.5 Å². The number of amides is 1. The van der Waals surface area contributed by atoms with E-state index in [0.29, 0.717) is 11.1 Å². The van der Waals surface area contributed by atoms with Crippen molar-refractivity contribution in [2.24, 2.45) is 0 Å². The fraction of sp³-hybridized carbons (Fsp3) is 0.0667. The normalized spacial score (nSPS) is 10.4. The van der Waals surface area contributed by atoms with E-state index in [1.54, 1.807) is 30.5 Å². The minimum absolute atomic E-state index is 0.0991. The first-order valence-electron chi connectivity index (χ1n) is 6.49. The highest BCUT2D eigenvalue weighted by molar-refractivity contribution is 5.93. The number of hydrogen-bond acceptors (Lipinski definition) is 5. The molecule has 3 aromatic rings. The summed E-state index contributed by atoms with van der Waals surface area (Å²) in [6.45, 7) is 0.0991. The van der Waals surface area contributed by atoms with Gasteiger partial charge >= 0.3 is 0 Å². The van der Waals surface area contributed by atoms with E-state index in [9.17, 15) is 9.18 Å². The van der Waals surface area contributed by atoms with E-state index in [1.807, 2.05) is 0 Å². The Kier molecular flexibility index (Phi) is 3.86. The highest BCUT2D eigenvalue weighted by Crippen LogP contribution is 2.17. The number of aromatic nitrogens is 3. The van der Waals surface area contributed by atoms with Crippen LogP contribution in [0.4, 0.5) is 4.39 Å². The van der Waals surface area contributed by atoms with Crippen LogP contribution in [0.5, 0.6) is 0 Å². The molecule has 0 saturated heterocycles. The number of pyridine rings is 1. The molecule has 22 heavy (non-hydrogen) atoms. The molecule has 2 heterocycles. The van der Waals surface area contributed by atoms with Gasteiger partial charge in [0, 0.05) is 18.0 Å². The van der Waals surface area contributed by atoms with Crippen molar-refractivity contribution in [2.45, 2.75) is 6.54 Å². The Labute approximate surface area is 125 Å². The highest BCUT2D eigenvalue weighted by atomic mass is 19.1. The van der Waals surface area contributed by atoms with E-state index in [-0.39, 0.29) is 30.1 Å². The van der Waals surface area contributed by atoms with Gasteiger partial charge in [0.25, 0.3) is 5.91 Å². The van der Waals surface area contributed by atoms with Gasteiger partial charge in [0.05, 0.1) is 12.1 Å². The Balaban J connectivity index is 1.65. The Bertz CT molecular complexity index is 772. The molecule has 0 atom stereocenters. The SMILES string of the molecule is O=C(NCc1nnc(-c2ccc(F)cc2)o1)c1cccnc1. The van der Waals surface area contributed by atoms with Gasteiger partial charge in [-0.3, -0.25) is 9.78 Å². The molecule has 0 spiro atoms. The summed E-state index contributed by atoms with van der Waals surface area (Å²) < 4.78 is 18.3. The summed E-state index contributed by atoms with van der Waals surface area (Å²) in [5, 5.41) is 10.4. The smallest absolute Gasteiger partial charge is 0.253 e. The van der Waals surface area contributed by atoms with Crippen LogP contribution < -0.4 is 5.32 Å². The van der Waals surface area contributed by atoms with Crippen molar-refractivity contribution in [3.05, 3.63) is 66.1 Å². The number of halogens is 1. The molecule has 110 valence electrons. The number of rotatable bonds is 4. The third-order valence-corrected chi connectivity index (χ3v) is 2.88. The first-order valence-corrected chi connectivity index (χ1v) is 6.49. The van der Waals surface area contributed by atoms with Crippen LogP contribution in [0.15, 0.2) is 53.2 Å². The average molecular weight is 298 g/mol. The summed E-state index contributed by atoms with van der Waals surface area (Å²) in [5.41, 5.74) is 1.06. The van der Waals surface area contributed by atoms with Gasteiger partial charge in [0.2, 0.25) is 11.8 Å². The summed E-state index contributed by atoms with van der Waals surface area (Å²) in [5.74, 6) is -0.0935. The maximum atomic E-state index is 12.9. The minimum atomic E-state index is -0.341. The third kappa shape index (κ3) is 3.14. The van der Waals surface area contributed by atoms with Crippen LogP contribution in [0, 0.1) is 5.82 Å². The molecule has 0 radical (unpaired) electrons. The summed E-state index contributed by atoms with van der Waals surface area (Å²) in [6.07, 6.45) is 3.05. The number of carbonyl (C=O) groups is 1. The summed E-state index contributed by atoms with van der Waals surface area (Å²) >= 11 is 0. The van der Waals surface area contributed by atoms with Gasteiger partial charge in [-0.15, -0.1) is 10.2 Å². The summed E-state index contributed by atoms with van der Waals surface area (Å²) in [7, 11) is 0. The summed E-state index contributed by atoms with van der Waals surface area (Å²) in [6, 6.07) is 9.03. The summed E-state index contributed by atoms with van der Waals surface area (Å²) in [4.78, 5) is 15.7. The van der Waals surface area contributed by atoms with Gasteiger partial charge in [0.1, 0.15) is 5.82 Å². The molecule has 0 unspecified atom stereocenters. The van der Waals surface area contributed by atoms with Crippen molar-refractivity contribution in [1.29, 1.82) is 0 Å². The third-order valence-electron chi connectivity index (χ3n) is 2.88. The molecule has 1 aromatic carbocycles. The van der Waals surface area contributed by atoms with Crippen LogP contribution in [-0.4, -0.2) is 21.1 Å². The molecule has 0 aliphatic carbocycles. The van der Waals surface area contributed by atoms with Crippen molar-refractivity contribution in [3.63, 3.8) is 0 Å². The lowest BCUT2D eigenvalue weighted by molar-refractivity contribution is 0.0947. The molecule has 2 aromatic heterocycles. The molecule has 0 saturated carbocycles. The second kappa shape index (κ2) is 6.13. The Morgan fingerprint density at radius 2 is 2.00 bits per heavy atom. The molecule has 6 nitrogen and oxygen atoms in total. The van der Waals surface area contributed by atoms with E-state index >= 15 is 0 Å². The monoisotopic (exact) mass is 298 g/mol. The number of nitrogens with one attached hydrogen (secondary N) is 1. The standard InChI is InChI=1S/C15H11FN4O2/c16-12-5-3-10(4-6-12)15-20-19-13(22-15)9-18-14(21)11-2-1-7-17-8-11/h1-8H,9H2,(H,18,21). The molecular weight excluding hydrogens is 287 g/mol. The fourth-order valence-corrected chi connectivity index (χ4v) is 1.79. The molecule has 1 N–H and O–H groups in total. The lowest BCUT2D eigenvalue weighted by Crippen LogP contribution is -2.23. The van der Waals surface area contributed by atoms with E-state index in [2.05, 4.69) is 20.5 Å².